The number of nitrogens with zero attached hydrogens (tertiary/aromatic N) is 4. The van der Waals surface area contributed by atoms with Gasteiger partial charge in [0.1, 0.15) is 17.9 Å². The molecule has 1 spiro atoms. The Morgan fingerprint density at radius 2 is 1.63 bits per heavy atom. The maximum absolute atomic E-state index is 13.3. The summed E-state index contributed by atoms with van der Waals surface area (Å²) in [5.74, 6) is 2.74. The van der Waals surface area contributed by atoms with Crippen molar-refractivity contribution < 1.29 is 14.6 Å². The maximum atomic E-state index is 13.3. The van der Waals surface area contributed by atoms with Gasteiger partial charge in [-0.25, -0.2) is 9.97 Å². The van der Waals surface area contributed by atoms with Gasteiger partial charge < -0.3 is 20.1 Å². The van der Waals surface area contributed by atoms with Crippen molar-refractivity contribution in [3.63, 3.8) is 0 Å². The van der Waals surface area contributed by atoms with E-state index in [9.17, 15) is 9.90 Å². The normalized spacial score (nSPS) is 29.2. The quantitative estimate of drug-likeness (QED) is 0.405. The second-order valence-electron chi connectivity index (χ2n) is 14.8. The molecule has 2 heterocycles. The first-order valence-corrected chi connectivity index (χ1v) is 16.2. The molecule has 2 aromatic rings. The maximum Gasteiger partial charge on any atom is 0.254 e. The number of nitriles is 1. The Morgan fingerprint density at radius 3 is 2.21 bits per heavy atom. The lowest BCUT2D eigenvalue weighted by molar-refractivity contribution is -0.164. The molecule has 3 saturated carbocycles. The molecular formula is C34H44ClN5O3. The van der Waals surface area contributed by atoms with Gasteiger partial charge >= 0.3 is 0 Å². The first-order valence-electron chi connectivity index (χ1n) is 15.8. The van der Waals surface area contributed by atoms with E-state index in [1.54, 1.807) is 30.6 Å². The number of benzene rings is 1. The minimum absolute atomic E-state index is 0.0748. The molecule has 0 radical (unpaired) electrons. The van der Waals surface area contributed by atoms with Crippen molar-refractivity contribution in [2.24, 2.45) is 28.1 Å². The Hall–Kier alpha value is -2.89. The number of hydrogen-bond acceptors (Lipinski definition) is 7. The molecule has 8 nitrogen and oxygen atoms in total. The van der Waals surface area contributed by atoms with Crippen LogP contribution >= 0.6 is 11.6 Å². The van der Waals surface area contributed by atoms with Gasteiger partial charge in [0.25, 0.3) is 5.91 Å². The highest BCUT2D eigenvalue weighted by molar-refractivity contribution is 6.31. The predicted octanol–water partition coefficient (Wildman–Crippen LogP) is 6.16. The van der Waals surface area contributed by atoms with Crippen LogP contribution in [0.25, 0.3) is 0 Å². The zero-order chi connectivity index (χ0) is 30.6. The minimum Gasteiger partial charge on any atom is -0.489 e. The summed E-state index contributed by atoms with van der Waals surface area (Å²) in [5.41, 5.74) is 0.556. The van der Waals surface area contributed by atoms with Gasteiger partial charge in [0.05, 0.1) is 22.3 Å². The number of carbonyl (C=O) groups excluding carboxylic acids is 1. The summed E-state index contributed by atoms with van der Waals surface area (Å²) in [7, 11) is 0. The van der Waals surface area contributed by atoms with E-state index in [1.807, 2.05) is 0 Å². The molecule has 3 aliphatic carbocycles. The smallest absolute Gasteiger partial charge is 0.254 e. The lowest BCUT2D eigenvalue weighted by atomic mass is 9.49. The van der Waals surface area contributed by atoms with Crippen molar-refractivity contribution in [1.29, 1.82) is 5.26 Å². The van der Waals surface area contributed by atoms with Crippen LogP contribution in [0, 0.1) is 39.4 Å². The second-order valence-corrected chi connectivity index (χ2v) is 15.2. The zero-order valence-corrected chi connectivity index (χ0v) is 26.5. The van der Waals surface area contributed by atoms with Crippen LogP contribution in [0.5, 0.6) is 5.75 Å². The number of aliphatic hydroxyl groups is 1. The SMILES string of the molecule is CC1(C)C(NC(=O)c2cnc(N3CC4(CCC(C5CCC(O)CC5)CC4)C3)nc2)C(C)(C)C1Oc1ccc(C#N)c(Cl)c1. The van der Waals surface area contributed by atoms with Crippen molar-refractivity contribution in [1.82, 2.24) is 15.3 Å². The van der Waals surface area contributed by atoms with Crippen LogP contribution in [0.15, 0.2) is 30.6 Å². The standard InChI is InChI=1S/C34H44ClN5O3/c1-32(2)29(33(3,4)30(32)43-26-10-7-23(16-36)27(35)15-26)39-28(42)24-17-37-31(38-18-24)40-19-34(20-40)13-11-22(12-14-34)21-5-8-25(41)9-6-21/h7,10,15,17-18,21-22,25,29-30,41H,5-6,8-9,11-14,19-20H2,1-4H3,(H,39,42). The van der Waals surface area contributed by atoms with Gasteiger partial charge in [0, 0.05) is 53.8 Å². The average Bonchev–Trinajstić information content (AvgIpc) is 2.98. The van der Waals surface area contributed by atoms with Crippen molar-refractivity contribution >= 4 is 23.5 Å². The third kappa shape index (κ3) is 5.60. The molecule has 1 aromatic carbocycles. The summed E-state index contributed by atoms with van der Waals surface area (Å²) in [6.07, 6.45) is 12.5. The predicted molar refractivity (Wildman–Crippen MR) is 166 cm³/mol. The lowest BCUT2D eigenvalue weighted by Crippen LogP contribution is -2.74. The van der Waals surface area contributed by atoms with E-state index in [4.69, 9.17) is 21.6 Å². The van der Waals surface area contributed by atoms with Crippen molar-refractivity contribution in [3.05, 3.63) is 46.7 Å². The average molecular weight is 606 g/mol. The number of carbonyl (C=O) groups is 1. The molecule has 1 saturated heterocycles. The fourth-order valence-corrected chi connectivity index (χ4v) is 9.14. The Bertz CT molecular complexity index is 1360. The summed E-state index contributed by atoms with van der Waals surface area (Å²) >= 11 is 6.22. The van der Waals surface area contributed by atoms with E-state index in [0.29, 0.717) is 33.3 Å². The van der Waals surface area contributed by atoms with E-state index in [0.717, 1.165) is 37.8 Å². The molecule has 230 valence electrons. The highest BCUT2D eigenvalue weighted by Gasteiger charge is 2.64. The summed E-state index contributed by atoms with van der Waals surface area (Å²) < 4.78 is 6.34. The number of amides is 1. The van der Waals surface area contributed by atoms with E-state index < -0.39 is 0 Å². The van der Waals surface area contributed by atoms with Gasteiger partial charge in [0.2, 0.25) is 5.95 Å². The number of anilines is 1. The molecule has 4 aliphatic rings. The van der Waals surface area contributed by atoms with Crippen LogP contribution < -0.4 is 15.0 Å². The van der Waals surface area contributed by atoms with E-state index in [2.05, 4.69) is 53.9 Å². The molecule has 1 aliphatic heterocycles. The van der Waals surface area contributed by atoms with Gasteiger partial charge in [0.15, 0.2) is 0 Å². The highest BCUT2D eigenvalue weighted by Crippen LogP contribution is 2.56. The molecule has 9 heteroatoms. The third-order valence-corrected chi connectivity index (χ3v) is 11.5. The fourth-order valence-electron chi connectivity index (χ4n) is 8.93. The molecule has 43 heavy (non-hydrogen) atoms. The first kappa shape index (κ1) is 30.1. The first-order chi connectivity index (χ1) is 20.4. The fraction of sp³-hybridized carbons (Fsp3) is 0.647. The number of aliphatic hydroxyl groups excluding tert-OH is 1. The van der Waals surface area contributed by atoms with E-state index >= 15 is 0 Å². The summed E-state index contributed by atoms with van der Waals surface area (Å²) in [6, 6.07) is 7.03. The van der Waals surface area contributed by atoms with Crippen molar-refractivity contribution in [3.8, 4) is 11.8 Å². The third-order valence-electron chi connectivity index (χ3n) is 11.2. The van der Waals surface area contributed by atoms with Gasteiger partial charge in [-0.3, -0.25) is 4.79 Å². The molecule has 0 unspecified atom stereocenters. The van der Waals surface area contributed by atoms with Crippen LogP contribution in [0.4, 0.5) is 5.95 Å². The molecular weight excluding hydrogens is 562 g/mol. The minimum atomic E-state index is -0.344. The molecule has 0 atom stereocenters. The largest absolute Gasteiger partial charge is 0.489 e. The van der Waals surface area contributed by atoms with Gasteiger partial charge in [-0.15, -0.1) is 0 Å². The van der Waals surface area contributed by atoms with Gasteiger partial charge in [-0.05, 0) is 75.3 Å². The van der Waals surface area contributed by atoms with Crippen molar-refractivity contribution in [2.75, 3.05) is 18.0 Å². The Balaban J connectivity index is 1.01. The number of nitrogens with one attached hydrogen (secondary N) is 1. The van der Waals surface area contributed by atoms with Gasteiger partial charge in [-0.2, -0.15) is 5.26 Å². The number of halogens is 1. The Labute approximate surface area is 260 Å². The van der Waals surface area contributed by atoms with Crippen LogP contribution in [0.2, 0.25) is 5.02 Å². The van der Waals surface area contributed by atoms with Crippen LogP contribution in [0.3, 0.4) is 0 Å². The monoisotopic (exact) mass is 605 g/mol. The molecule has 1 amide bonds. The van der Waals surface area contributed by atoms with Crippen molar-refractivity contribution in [2.45, 2.75) is 97.3 Å². The van der Waals surface area contributed by atoms with Crippen LogP contribution in [0.1, 0.15) is 95.0 Å². The zero-order valence-electron chi connectivity index (χ0n) is 25.8. The second kappa shape index (κ2) is 11.2. The number of aromatic nitrogens is 2. The van der Waals surface area contributed by atoms with E-state index in [-0.39, 0.29) is 35.0 Å². The number of hydrogen-bond donors (Lipinski definition) is 2. The molecule has 1 aromatic heterocycles. The molecule has 6 rings (SSSR count). The molecule has 4 fully saturated rings. The highest BCUT2D eigenvalue weighted by atomic mass is 35.5. The van der Waals surface area contributed by atoms with E-state index in [1.165, 1.54) is 38.5 Å². The molecule has 2 N–H and O–H groups in total. The number of ether oxygens (including phenoxy) is 1. The summed E-state index contributed by atoms with van der Waals surface area (Å²) in [4.78, 5) is 24.7. The Morgan fingerprint density at radius 1 is 1.02 bits per heavy atom. The summed E-state index contributed by atoms with van der Waals surface area (Å²) in [5, 5.41) is 22.6. The van der Waals surface area contributed by atoms with Crippen LogP contribution in [-0.2, 0) is 0 Å². The lowest BCUT2D eigenvalue weighted by Gasteiger charge is -2.63. The Kier molecular flexibility index (Phi) is 7.88. The summed E-state index contributed by atoms with van der Waals surface area (Å²) in [6.45, 7) is 10.3. The topological polar surface area (TPSA) is 111 Å². The number of rotatable bonds is 6. The van der Waals surface area contributed by atoms with Crippen LogP contribution in [-0.4, -0.2) is 52.3 Å². The van der Waals surface area contributed by atoms with Gasteiger partial charge in [-0.1, -0.05) is 39.3 Å². The molecule has 0 bridgehead atoms.